The fraction of sp³-hybridized carbons (Fsp3) is 0.529. The molecule has 1 heterocycles. The molecule has 0 unspecified atom stereocenters. The Balaban J connectivity index is 1.88. The third-order valence-corrected chi connectivity index (χ3v) is 4.58. The predicted molar refractivity (Wildman–Crippen MR) is 100 cm³/mol. The monoisotopic (exact) mass is 397 g/mol. The molecule has 2 rings (SSSR count). The summed E-state index contributed by atoms with van der Waals surface area (Å²) in [5.41, 5.74) is 0.570. The smallest absolute Gasteiger partial charge is 0.410 e. The quantitative estimate of drug-likeness (QED) is 0.264. The molecule has 2 N–H and O–H groups in total. The van der Waals surface area contributed by atoms with E-state index in [0.717, 1.165) is 0 Å². The maximum Gasteiger partial charge on any atom is 0.410 e. The molecule has 1 aliphatic rings. The average molecular weight is 397 g/mol. The number of carbonyl (C=O) groups excluding carboxylic acids is 2. The van der Waals surface area contributed by atoms with Gasteiger partial charge in [-0.1, -0.05) is 0 Å². The van der Waals surface area contributed by atoms with Crippen molar-refractivity contribution < 1.29 is 24.4 Å². The molecule has 2 amide bonds. The van der Waals surface area contributed by atoms with Gasteiger partial charge in [0.25, 0.3) is 5.69 Å². The van der Waals surface area contributed by atoms with Crippen LogP contribution in [0.4, 0.5) is 10.5 Å². The zero-order valence-corrected chi connectivity index (χ0v) is 15.6. The first-order valence-corrected chi connectivity index (χ1v) is 9.17. The van der Waals surface area contributed by atoms with Gasteiger partial charge in [0, 0.05) is 37.1 Å². The summed E-state index contributed by atoms with van der Waals surface area (Å²) < 4.78 is 5.25. The van der Waals surface area contributed by atoms with Gasteiger partial charge in [-0.05, 0) is 37.0 Å². The van der Waals surface area contributed by atoms with Gasteiger partial charge in [-0.25, -0.2) is 4.79 Å². The van der Waals surface area contributed by atoms with Crippen LogP contribution in [0.3, 0.4) is 0 Å². The summed E-state index contributed by atoms with van der Waals surface area (Å²) in [6.07, 6.45) is 1.06. The molecule has 1 fully saturated rings. The van der Waals surface area contributed by atoms with Crippen LogP contribution in [0.15, 0.2) is 24.3 Å². The first kappa shape index (κ1) is 21.0. The minimum Gasteiger partial charge on any atom is -0.445 e. The number of nitrogens with one attached hydrogen (secondary N) is 1. The van der Waals surface area contributed by atoms with Crippen molar-refractivity contribution in [1.29, 1.82) is 0 Å². The third-order valence-electron chi connectivity index (χ3n) is 4.21. The van der Waals surface area contributed by atoms with E-state index in [9.17, 15) is 19.7 Å². The Morgan fingerprint density at radius 1 is 1.33 bits per heavy atom. The van der Waals surface area contributed by atoms with E-state index in [-0.39, 0.29) is 30.1 Å². The summed E-state index contributed by atoms with van der Waals surface area (Å²) in [6, 6.07) is 5.06. The summed E-state index contributed by atoms with van der Waals surface area (Å²) in [4.78, 5) is 36.2. The standard InChI is InChI=1S/C17H23N3O6S/c21-8-2-1-7-18-16(22)15-9-14(27)10-19(15)17(23)26-11-12-3-5-13(6-4-12)20(24)25/h3-6,14-15,21,27H,1-2,7-11H2,(H,18,22)/t14-,15-/m0/s1. The highest BCUT2D eigenvalue weighted by Crippen LogP contribution is 2.23. The highest BCUT2D eigenvalue weighted by atomic mass is 32.1. The lowest BCUT2D eigenvalue weighted by molar-refractivity contribution is -0.384. The first-order chi connectivity index (χ1) is 12.9. The van der Waals surface area contributed by atoms with Gasteiger partial charge in [0.1, 0.15) is 12.6 Å². The average Bonchev–Trinajstić information content (AvgIpc) is 3.05. The Kier molecular flexibility index (Phi) is 7.86. The molecule has 27 heavy (non-hydrogen) atoms. The topological polar surface area (TPSA) is 122 Å². The molecule has 0 radical (unpaired) electrons. The molecule has 1 aromatic rings. The molecular formula is C17H23N3O6S. The van der Waals surface area contributed by atoms with Gasteiger partial charge in [0.2, 0.25) is 5.91 Å². The number of benzene rings is 1. The van der Waals surface area contributed by atoms with Crippen LogP contribution >= 0.6 is 12.6 Å². The van der Waals surface area contributed by atoms with E-state index < -0.39 is 17.1 Å². The van der Waals surface area contributed by atoms with E-state index >= 15 is 0 Å². The Bertz CT molecular complexity index is 669. The van der Waals surface area contributed by atoms with E-state index in [4.69, 9.17) is 9.84 Å². The van der Waals surface area contributed by atoms with Crippen LogP contribution < -0.4 is 5.32 Å². The number of amides is 2. The number of nitro benzene ring substituents is 1. The lowest BCUT2D eigenvalue weighted by Gasteiger charge is -2.23. The zero-order valence-electron chi connectivity index (χ0n) is 14.7. The van der Waals surface area contributed by atoms with Crippen LogP contribution in [0.1, 0.15) is 24.8 Å². The summed E-state index contributed by atoms with van der Waals surface area (Å²) in [6.45, 7) is 0.754. The lowest BCUT2D eigenvalue weighted by Crippen LogP contribution is -2.46. The number of carbonyl (C=O) groups is 2. The fourth-order valence-corrected chi connectivity index (χ4v) is 3.15. The van der Waals surface area contributed by atoms with Crippen molar-refractivity contribution in [3.63, 3.8) is 0 Å². The predicted octanol–water partition coefficient (Wildman–Crippen LogP) is 1.49. The van der Waals surface area contributed by atoms with E-state index in [1.54, 1.807) is 0 Å². The van der Waals surface area contributed by atoms with Crippen LogP contribution in [0.5, 0.6) is 0 Å². The fourth-order valence-electron chi connectivity index (χ4n) is 2.77. The van der Waals surface area contributed by atoms with E-state index in [1.165, 1.54) is 29.2 Å². The minimum atomic E-state index is -0.647. The van der Waals surface area contributed by atoms with Crippen LogP contribution in [0, 0.1) is 10.1 Å². The minimum absolute atomic E-state index is 0.0412. The molecule has 0 saturated carbocycles. The SMILES string of the molecule is O=C(NCCCCO)[C@@H]1C[C@H](S)CN1C(=O)OCc1ccc([N+](=O)[O-])cc1. The number of non-ortho nitro benzene ring substituents is 1. The second-order valence-electron chi connectivity index (χ2n) is 6.26. The van der Waals surface area contributed by atoms with E-state index in [0.29, 0.717) is 37.9 Å². The molecule has 10 heteroatoms. The summed E-state index contributed by atoms with van der Waals surface area (Å²) in [5.74, 6) is -0.267. The summed E-state index contributed by atoms with van der Waals surface area (Å²) >= 11 is 4.37. The Labute approximate surface area is 162 Å². The normalized spacial score (nSPS) is 19.0. The maximum atomic E-state index is 12.4. The molecule has 1 saturated heterocycles. The Morgan fingerprint density at radius 3 is 2.67 bits per heavy atom. The van der Waals surface area contributed by atoms with Crippen molar-refractivity contribution in [3.05, 3.63) is 39.9 Å². The maximum absolute atomic E-state index is 12.4. The molecule has 1 aromatic carbocycles. The van der Waals surface area contributed by atoms with Gasteiger partial charge in [0.05, 0.1) is 4.92 Å². The second kappa shape index (κ2) is 10.1. The molecular weight excluding hydrogens is 374 g/mol. The molecule has 2 atom stereocenters. The molecule has 1 aliphatic heterocycles. The van der Waals surface area contributed by atoms with Crippen molar-refractivity contribution in [2.75, 3.05) is 19.7 Å². The number of unbranched alkanes of at least 4 members (excludes halogenated alkanes) is 1. The van der Waals surface area contributed by atoms with Gasteiger partial charge >= 0.3 is 6.09 Å². The van der Waals surface area contributed by atoms with E-state index in [2.05, 4.69) is 17.9 Å². The number of nitro groups is 1. The van der Waals surface area contributed by atoms with Gasteiger partial charge in [-0.15, -0.1) is 0 Å². The van der Waals surface area contributed by atoms with Gasteiger partial charge in [-0.3, -0.25) is 19.8 Å². The first-order valence-electron chi connectivity index (χ1n) is 8.65. The summed E-state index contributed by atoms with van der Waals surface area (Å²) in [7, 11) is 0. The molecule has 0 spiro atoms. The molecule has 0 bridgehead atoms. The second-order valence-corrected chi connectivity index (χ2v) is 6.99. The van der Waals surface area contributed by atoms with E-state index in [1.807, 2.05) is 0 Å². The Morgan fingerprint density at radius 2 is 2.04 bits per heavy atom. The Hall–Kier alpha value is -2.33. The van der Waals surface area contributed by atoms with Crippen molar-refractivity contribution in [2.24, 2.45) is 0 Å². The number of ether oxygens (including phenoxy) is 1. The van der Waals surface area contributed by atoms with Crippen LogP contribution in [-0.2, 0) is 16.1 Å². The zero-order chi connectivity index (χ0) is 19.8. The van der Waals surface area contributed by atoms with Gasteiger partial charge < -0.3 is 15.2 Å². The van der Waals surface area contributed by atoms with Crippen LogP contribution in [0.25, 0.3) is 0 Å². The van der Waals surface area contributed by atoms with Crippen LogP contribution in [0.2, 0.25) is 0 Å². The third kappa shape index (κ3) is 6.10. The number of thiol groups is 1. The van der Waals surface area contributed by atoms with Crippen molar-refractivity contribution in [1.82, 2.24) is 10.2 Å². The highest BCUT2D eigenvalue weighted by molar-refractivity contribution is 7.81. The number of aliphatic hydroxyl groups excluding tert-OH is 1. The van der Waals surface area contributed by atoms with Gasteiger partial charge in [-0.2, -0.15) is 12.6 Å². The number of hydrogen-bond donors (Lipinski definition) is 3. The van der Waals surface area contributed by atoms with Crippen LogP contribution in [-0.4, -0.2) is 57.9 Å². The van der Waals surface area contributed by atoms with Gasteiger partial charge in [0.15, 0.2) is 0 Å². The number of hydrogen-bond acceptors (Lipinski definition) is 7. The molecule has 0 aromatic heterocycles. The molecule has 9 nitrogen and oxygen atoms in total. The number of aliphatic hydroxyl groups is 1. The molecule has 148 valence electrons. The summed E-state index contributed by atoms with van der Waals surface area (Å²) in [5, 5.41) is 22.1. The highest BCUT2D eigenvalue weighted by Gasteiger charge is 2.39. The largest absolute Gasteiger partial charge is 0.445 e. The number of nitrogens with zero attached hydrogens (tertiary/aromatic N) is 2. The molecule has 0 aliphatic carbocycles. The number of likely N-dealkylation sites (tertiary alicyclic amines) is 1. The van der Waals surface area contributed by atoms with Crippen molar-refractivity contribution >= 4 is 30.3 Å². The lowest BCUT2D eigenvalue weighted by atomic mass is 10.2. The van der Waals surface area contributed by atoms with Crippen molar-refractivity contribution in [2.45, 2.75) is 37.2 Å². The van der Waals surface area contributed by atoms with Crippen molar-refractivity contribution in [3.8, 4) is 0 Å². The number of rotatable bonds is 8.